The van der Waals surface area contributed by atoms with Crippen LogP contribution in [-0.2, 0) is 0 Å². The van der Waals surface area contributed by atoms with Gasteiger partial charge >= 0.3 is 0 Å². The van der Waals surface area contributed by atoms with Gasteiger partial charge in [-0.3, -0.25) is 0 Å². The summed E-state index contributed by atoms with van der Waals surface area (Å²) in [6, 6.07) is 15.5. The highest BCUT2D eigenvalue weighted by molar-refractivity contribution is 9.10. The largest absolute Gasteiger partial charge is 0.496 e. The first-order chi connectivity index (χ1) is 8.72. The maximum atomic E-state index is 8.75. The van der Waals surface area contributed by atoms with Crippen LogP contribution in [0.15, 0.2) is 56.7 Å². The Hall–Kier alpha value is -1.44. The second kappa shape index (κ2) is 5.94. The summed E-state index contributed by atoms with van der Waals surface area (Å²) in [6.45, 7) is 0. The van der Waals surface area contributed by atoms with Crippen molar-refractivity contribution in [2.75, 3.05) is 7.11 Å². The van der Waals surface area contributed by atoms with Gasteiger partial charge in [0.05, 0.1) is 23.6 Å². The van der Waals surface area contributed by atoms with Crippen molar-refractivity contribution in [2.45, 2.75) is 9.79 Å². The van der Waals surface area contributed by atoms with Crippen LogP contribution in [0.3, 0.4) is 0 Å². The summed E-state index contributed by atoms with van der Waals surface area (Å²) >= 11 is 5.03. The van der Waals surface area contributed by atoms with E-state index in [4.69, 9.17) is 10.00 Å². The minimum absolute atomic E-state index is 0.669. The van der Waals surface area contributed by atoms with Gasteiger partial charge in [-0.1, -0.05) is 27.7 Å². The van der Waals surface area contributed by atoms with Gasteiger partial charge in [0.1, 0.15) is 5.75 Å². The molecule has 0 unspecified atom stereocenters. The van der Waals surface area contributed by atoms with Crippen LogP contribution in [0.1, 0.15) is 5.56 Å². The monoisotopic (exact) mass is 319 g/mol. The number of nitrogens with zero attached hydrogens (tertiary/aromatic N) is 1. The first kappa shape index (κ1) is 13.0. The van der Waals surface area contributed by atoms with Crippen LogP contribution in [0.4, 0.5) is 0 Å². The van der Waals surface area contributed by atoms with Gasteiger partial charge in [-0.15, -0.1) is 0 Å². The molecule has 0 radical (unpaired) electrons. The molecule has 0 spiro atoms. The summed E-state index contributed by atoms with van der Waals surface area (Å²) in [5.41, 5.74) is 0.669. The SMILES string of the molecule is COc1cc(Br)ccc1Sc1ccc(C#N)cc1. The zero-order chi connectivity index (χ0) is 13.0. The van der Waals surface area contributed by atoms with Crippen molar-refractivity contribution in [3.8, 4) is 11.8 Å². The molecule has 0 atom stereocenters. The van der Waals surface area contributed by atoms with Crippen LogP contribution in [-0.4, -0.2) is 7.11 Å². The van der Waals surface area contributed by atoms with Gasteiger partial charge in [-0.25, -0.2) is 0 Å². The van der Waals surface area contributed by atoms with E-state index in [2.05, 4.69) is 22.0 Å². The van der Waals surface area contributed by atoms with Gasteiger partial charge in [0.15, 0.2) is 0 Å². The highest BCUT2D eigenvalue weighted by Crippen LogP contribution is 2.36. The number of benzene rings is 2. The number of rotatable bonds is 3. The van der Waals surface area contributed by atoms with Crippen LogP contribution in [0.5, 0.6) is 5.75 Å². The lowest BCUT2D eigenvalue weighted by Gasteiger charge is -2.08. The van der Waals surface area contributed by atoms with Gasteiger partial charge in [0.25, 0.3) is 0 Å². The lowest BCUT2D eigenvalue weighted by Crippen LogP contribution is -1.86. The number of hydrogen-bond acceptors (Lipinski definition) is 3. The van der Waals surface area contributed by atoms with Crippen molar-refractivity contribution >= 4 is 27.7 Å². The van der Waals surface area contributed by atoms with E-state index in [0.29, 0.717) is 5.56 Å². The first-order valence-electron chi connectivity index (χ1n) is 5.24. The number of nitriles is 1. The second-order valence-electron chi connectivity index (χ2n) is 3.53. The van der Waals surface area contributed by atoms with Crippen LogP contribution in [0.2, 0.25) is 0 Å². The standard InChI is InChI=1S/C14H10BrNOS/c1-17-13-8-11(15)4-7-14(13)18-12-5-2-10(9-16)3-6-12/h2-8H,1H3. The summed E-state index contributed by atoms with van der Waals surface area (Å²) in [4.78, 5) is 2.13. The molecule has 0 heterocycles. The lowest BCUT2D eigenvalue weighted by atomic mass is 10.2. The molecule has 18 heavy (non-hydrogen) atoms. The summed E-state index contributed by atoms with van der Waals surface area (Å²) in [7, 11) is 1.66. The van der Waals surface area contributed by atoms with Crippen LogP contribution >= 0.6 is 27.7 Å². The van der Waals surface area contributed by atoms with Gasteiger partial charge in [0, 0.05) is 9.37 Å². The second-order valence-corrected chi connectivity index (χ2v) is 5.56. The highest BCUT2D eigenvalue weighted by atomic mass is 79.9. The Morgan fingerprint density at radius 2 is 1.89 bits per heavy atom. The van der Waals surface area contributed by atoms with E-state index in [1.807, 2.05) is 42.5 Å². The smallest absolute Gasteiger partial charge is 0.133 e. The third-order valence-corrected chi connectivity index (χ3v) is 3.90. The maximum absolute atomic E-state index is 8.75. The number of ether oxygens (including phenoxy) is 1. The summed E-state index contributed by atoms with van der Waals surface area (Å²) in [5, 5.41) is 8.75. The molecule has 2 rings (SSSR count). The molecule has 4 heteroatoms. The molecule has 0 N–H and O–H groups in total. The van der Waals surface area contributed by atoms with Crippen LogP contribution in [0, 0.1) is 11.3 Å². The third kappa shape index (κ3) is 3.06. The van der Waals surface area contributed by atoms with Crippen LogP contribution in [0.25, 0.3) is 0 Å². The molecule has 0 fully saturated rings. The molecular weight excluding hydrogens is 310 g/mol. The minimum atomic E-state index is 0.669. The molecule has 0 saturated carbocycles. The summed E-state index contributed by atoms with van der Waals surface area (Å²) < 4.78 is 6.33. The van der Waals surface area contributed by atoms with Crippen molar-refractivity contribution in [3.63, 3.8) is 0 Å². The van der Waals surface area contributed by atoms with E-state index in [-0.39, 0.29) is 0 Å². The lowest BCUT2D eigenvalue weighted by molar-refractivity contribution is 0.404. The molecule has 0 amide bonds. The average molecular weight is 320 g/mol. The number of hydrogen-bond donors (Lipinski definition) is 0. The van der Waals surface area contributed by atoms with Crippen molar-refractivity contribution < 1.29 is 4.74 Å². The van der Waals surface area contributed by atoms with Crippen LogP contribution < -0.4 is 4.74 Å². The molecule has 0 aromatic heterocycles. The maximum Gasteiger partial charge on any atom is 0.133 e. The zero-order valence-electron chi connectivity index (χ0n) is 9.68. The molecule has 0 bridgehead atoms. The van der Waals surface area contributed by atoms with E-state index >= 15 is 0 Å². The molecule has 0 saturated heterocycles. The predicted molar refractivity (Wildman–Crippen MR) is 76.0 cm³/mol. The van der Waals surface area contributed by atoms with E-state index < -0.39 is 0 Å². The van der Waals surface area contributed by atoms with Gasteiger partial charge in [-0.05, 0) is 42.5 Å². The fourth-order valence-corrected chi connectivity index (χ4v) is 2.70. The Bertz CT molecular complexity index is 590. The van der Waals surface area contributed by atoms with Gasteiger partial charge < -0.3 is 4.74 Å². The Morgan fingerprint density at radius 3 is 2.50 bits per heavy atom. The predicted octanol–water partition coefficient (Wildman–Crippen LogP) is 4.48. The minimum Gasteiger partial charge on any atom is -0.496 e. The number of methoxy groups -OCH3 is 1. The first-order valence-corrected chi connectivity index (χ1v) is 6.85. The Morgan fingerprint density at radius 1 is 1.17 bits per heavy atom. The third-order valence-electron chi connectivity index (χ3n) is 2.34. The topological polar surface area (TPSA) is 33.0 Å². The molecule has 2 nitrogen and oxygen atoms in total. The quantitative estimate of drug-likeness (QED) is 0.836. The normalized spacial score (nSPS) is 9.83. The summed E-state index contributed by atoms with van der Waals surface area (Å²) in [5.74, 6) is 0.832. The van der Waals surface area contributed by atoms with E-state index in [1.165, 1.54) is 0 Å². The molecule has 0 aliphatic carbocycles. The van der Waals surface area contributed by atoms with E-state index in [9.17, 15) is 0 Å². The zero-order valence-corrected chi connectivity index (χ0v) is 12.1. The molecule has 0 aliphatic rings. The van der Waals surface area contributed by atoms with E-state index in [1.54, 1.807) is 18.9 Å². The molecule has 90 valence electrons. The fourth-order valence-electron chi connectivity index (χ4n) is 1.45. The molecular formula is C14H10BrNOS. The Labute approximate surface area is 119 Å². The fraction of sp³-hybridized carbons (Fsp3) is 0.0714. The number of halogens is 1. The van der Waals surface area contributed by atoms with Crippen molar-refractivity contribution in [2.24, 2.45) is 0 Å². The molecule has 2 aromatic rings. The highest BCUT2D eigenvalue weighted by Gasteiger charge is 2.05. The summed E-state index contributed by atoms with van der Waals surface area (Å²) in [6.07, 6.45) is 0. The Kier molecular flexibility index (Phi) is 4.29. The average Bonchev–Trinajstić information content (AvgIpc) is 2.41. The van der Waals surface area contributed by atoms with Crippen molar-refractivity contribution in [1.29, 1.82) is 5.26 Å². The van der Waals surface area contributed by atoms with Crippen molar-refractivity contribution in [3.05, 3.63) is 52.5 Å². The van der Waals surface area contributed by atoms with Gasteiger partial charge in [0.2, 0.25) is 0 Å². The molecule has 2 aromatic carbocycles. The van der Waals surface area contributed by atoms with E-state index in [0.717, 1.165) is 20.0 Å². The Balaban J connectivity index is 2.25. The van der Waals surface area contributed by atoms with Gasteiger partial charge in [-0.2, -0.15) is 5.26 Å². The molecule has 0 aliphatic heterocycles. The van der Waals surface area contributed by atoms with Crippen molar-refractivity contribution in [1.82, 2.24) is 0 Å².